The van der Waals surface area contributed by atoms with Crippen molar-refractivity contribution in [2.75, 3.05) is 40.2 Å². The van der Waals surface area contributed by atoms with Gasteiger partial charge in [-0.25, -0.2) is 4.98 Å². The summed E-state index contributed by atoms with van der Waals surface area (Å²) in [5.74, 6) is 0.898. The Balaban J connectivity index is 1.37. The zero-order chi connectivity index (χ0) is 24.9. The van der Waals surface area contributed by atoms with Crippen molar-refractivity contribution in [3.05, 3.63) is 59.3 Å². The van der Waals surface area contributed by atoms with Gasteiger partial charge in [-0.15, -0.1) is 0 Å². The highest BCUT2D eigenvalue weighted by atomic mass is 16.5. The van der Waals surface area contributed by atoms with E-state index >= 15 is 0 Å². The Hall–Kier alpha value is -3.85. The summed E-state index contributed by atoms with van der Waals surface area (Å²) in [6.07, 6.45) is 4.37. The highest BCUT2D eigenvalue weighted by Gasteiger charge is 2.12. The van der Waals surface area contributed by atoms with E-state index < -0.39 is 0 Å². The largest absolute Gasteiger partial charge is 0.493 e. The minimum absolute atomic E-state index is 0.0930. The molecule has 0 aliphatic heterocycles. The molecule has 0 spiro atoms. The Morgan fingerprint density at radius 1 is 1.03 bits per heavy atom. The Morgan fingerprint density at radius 2 is 1.80 bits per heavy atom. The number of nitrogens with one attached hydrogen (secondary N) is 1. The predicted molar refractivity (Wildman–Crippen MR) is 137 cm³/mol. The van der Waals surface area contributed by atoms with Gasteiger partial charge in [0.25, 0.3) is 5.56 Å². The van der Waals surface area contributed by atoms with Gasteiger partial charge in [-0.1, -0.05) is 0 Å². The maximum Gasteiger partial charge on any atom is 0.261 e. The van der Waals surface area contributed by atoms with E-state index in [1.165, 1.54) is 25.1 Å². The number of benzene rings is 2. The SMILES string of the molecule is COc1cc2ncn(CCCC(=O)Nc3ccc4c(ccn4CCN(C)C)c3)c(=O)c2cc1OC. The van der Waals surface area contributed by atoms with Crippen LogP contribution in [-0.4, -0.2) is 59.8 Å². The highest BCUT2D eigenvalue weighted by molar-refractivity contribution is 5.93. The van der Waals surface area contributed by atoms with Crippen LogP contribution in [-0.2, 0) is 17.9 Å². The number of aryl methyl sites for hydroxylation is 1. The van der Waals surface area contributed by atoms with E-state index in [-0.39, 0.29) is 17.9 Å². The summed E-state index contributed by atoms with van der Waals surface area (Å²) in [4.78, 5) is 31.9. The maximum absolute atomic E-state index is 12.9. The molecule has 2 heterocycles. The highest BCUT2D eigenvalue weighted by Crippen LogP contribution is 2.29. The first-order chi connectivity index (χ1) is 16.9. The number of anilines is 1. The summed E-state index contributed by atoms with van der Waals surface area (Å²) in [5, 5.41) is 4.49. The third-order valence-electron chi connectivity index (χ3n) is 5.98. The van der Waals surface area contributed by atoms with E-state index in [4.69, 9.17) is 9.47 Å². The lowest BCUT2D eigenvalue weighted by Crippen LogP contribution is -2.22. The Bertz CT molecular complexity index is 1410. The van der Waals surface area contributed by atoms with E-state index in [2.05, 4.69) is 46.1 Å². The lowest BCUT2D eigenvalue weighted by atomic mass is 10.2. The molecule has 0 aliphatic rings. The first-order valence-corrected chi connectivity index (χ1v) is 11.5. The lowest BCUT2D eigenvalue weighted by molar-refractivity contribution is -0.116. The number of carbonyl (C=O) groups is 1. The zero-order valence-corrected chi connectivity index (χ0v) is 20.6. The van der Waals surface area contributed by atoms with Crippen molar-refractivity contribution >= 4 is 33.4 Å². The molecule has 4 aromatic rings. The van der Waals surface area contributed by atoms with Crippen LogP contribution in [0.15, 0.2) is 53.7 Å². The summed E-state index contributed by atoms with van der Waals surface area (Å²) < 4.78 is 14.3. The molecule has 4 rings (SSSR count). The molecule has 9 heteroatoms. The molecule has 0 bridgehead atoms. The van der Waals surface area contributed by atoms with Crippen LogP contribution in [0.2, 0.25) is 0 Å². The molecule has 0 saturated heterocycles. The van der Waals surface area contributed by atoms with Crippen LogP contribution in [0.4, 0.5) is 5.69 Å². The number of rotatable bonds is 10. The number of fused-ring (bicyclic) bond motifs is 2. The molecule has 35 heavy (non-hydrogen) atoms. The smallest absolute Gasteiger partial charge is 0.261 e. The summed E-state index contributed by atoms with van der Waals surface area (Å²) >= 11 is 0. The molecule has 0 aliphatic carbocycles. The molecule has 2 aromatic heterocycles. The Morgan fingerprint density at radius 3 is 2.54 bits per heavy atom. The average molecular weight is 478 g/mol. The van der Waals surface area contributed by atoms with Crippen LogP contribution in [0.1, 0.15) is 12.8 Å². The van der Waals surface area contributed by atoms with Crippen molar-refractivity contribution in [3.8, 4) is 11.5 Å². The predicted octanol–water partition coefficient (Wildman–Crippen LogP) is 3.35. The quantitative estimate of drug-likeness (QED) is 0.377. The second-order valence-corrected chi connectivity index (χ2v) is 8.71. The van der Waals surface area contributed by atoms with Crippen molar-refractivity contribution in [1.29, 1.82) is 0 Å². The standard InChI is InChI=1S/C26H31N5O4/c1-29(2)12-13-30-11-9-18-14-19(7-8-22(18)30)28-25(32)6-5-10-31-17-27-21-16-24(35-4)23(34-3)15-20(21)26(31)33/h7-9,11,14-17H,5-6,10,12-13H2,1-4H3,(H,28,32). The summed E-state index contributed by atoms with van der Waals surface area (Å²) in [7, 11) is 7.17. The molecule has 184 valence electrons. The van der Waals surface area contributed by atoms with Gasteiger partial charge < -0.3 is 24.3 Å². The van der Waals surface area contributed by atoms with Crippen LogP contribution in [0.3, 0.4) is 0 Å². The van der Waals surface area contributed by atoms with Crippen LogP contribution < -0.4 is 20.3 Å². The summed E-state index contributed by atoms with van der Waals surface area (Å²) in [6.45, 7) is 2.25. The fraction of sp³-hybridized carbons (Fsp3) is 0.346. The van der Waals surface area contributed by atoms with Crippen molar-refractivity contribution in [1.82, 2.24) is 19.0 Å². The van der Waals surface area contributed by atoms with Crippen LogP contribution in [0, 0.1) is 0 Å². The van der Waals surface area contributed by atoms with Gasteiger partial charge in [-0.3, -0.25) is 14.2 Å². The van der Waals surface area contributed by atoms with E-state index in [0.29, 0.717) is 35.4 Å². The summed E-state index contributed by atoms with van der Waals surface area (Å²) in [5.41, 5.74) is 2.26. The minimum Gasteiger partial charge on any atom is -0.493 e. The number of hydrogen-bond acceptors (Lipinski definition) is 6. The van der Waals surface area contributed by atoms with Crippen LogP contribution in [0.5, 0.6) is 11.5 Å². The Kier molecular flexibility index (Phi) is 7.36. The normalized spacial score (nSPS) is 11.3. The van der Waals surface area contributed by atoms with Crippen LogP contribution in [0.25, 0.3) is 21.8 Å². The molecule has 1 N–H and O–H groups in total. The van der Waals surface area contributed by atoms with Gasteiger partial charge in [0.05, 0.1) is 31.4 Å². The topological polar surface area (TPSA) is 90.6 Å². The molecular weight excluding hydrogens is 446 g/mol. The van der Waals surface area contributed by atoms with Gasteiger partial charge in [-0.05, 0) is 50.8 Å². The van der Waals surface area contributed by atoms with Crippen molar-refractivity contribution < 1.29 is 14.3 Å². The van der Waals surface area contributed by atoms with E-state index in [1.54, 1.807) is 12.1 Å². The van der Waals surface area contributed by atoms with Crippen LogP contribution >= 0.6 is 0 Å². The second-order valence-electron chi connectivity index (χ2n) is 8.71. The van der Waals surface area contributed by atoms with Gasteiger partial charge in [0.1, 0.15) is 0 Å². The number of amides is 1. The number of hydrogen-bond donors (Lipinski definition) is 1. The van der Waals surface area contributed by atoms with E-state index in [9.17, 15) is 9.59 Å². The lowest BCUT2D eigenvalue weighted by Gasteiger charge is -2.12. The van der Waals surface area contributed by atoms with Crippen molar-refractivity contribution in [2.45, 2.75) is 25.9 Å². The molecule has 0 fully saturated rings. The molecule has 1 amide bonds. The Labute approximate surface area is 203 Å². The monoisotopic (exact) mass is 477 g/mol. The molecule has 0 saturated carbocycles. The number of carbonyl (C=O) groups excluding carboxylic acids is 1. The van der Waals surface area contributed by atoms with Gasteiger partial charge in [-0.2, -0.15) is 0 Å². The first-order valence-electron chi connectivity index (χ1n) is 11.5. The first kappa shape index (κ1) is 24.3. The number of nitrogens with zero attached hydrogens (tertiary/aromatic N) is 4. The average Bonchev–Trinajstić information content (AvgIpc) is 3.25. The minimum atomic E-state index is -0.180. The van der Waals surface area contributed by atoms with Crippen molar-refractivity contribution in [3.63, 3.8) is 0 Å². The molecule has 9 nitrogen and oxygen atoms in total. The third kappa shape index (κ3) is 5.46. The van der Waals surface area contributed by atoms with Gasteiger partial charge in [0.2, 0.25) is 5.91 Å². The number of methoxy groups -OCH3 is 2. The zero-order valence-electron chi connectivity index (χ0n) is 20.6. The molecular formula is C26H31N5O4. The van der Waals surface area contributed by atoms with Gasteiger partial charge in [0.15, 0.2) is 11.5 Å². The van der Waals surface area contributed by atoms with E-state index in [0.717, 1.165) is 29.7 Å². The number of likely N-dealkylation sites (N-methyl/N-ethyl adjacent to an activating group) is 1. The van der Waals surface area contributed by atoms with Gasteiger partial charge >= 0.3 is 0 Å². The third-order valence-corrected chi connectivity index (χ3v) is 5.98. The number of aromatic nitrogens is 3. The fourth-order valence-corrected chi connectivity index (χ4v) is 4.06. The molecule has 0 radical (unpaired) electrons. The maximum atomic E-state index is 12.9. The number of ether oxygens (including phenoxy) is 2. The fourth-order valence-electron chi connectivity index (χ4n) is 4.06. The molecule has 0 atom stereocenters. The van der Waals surface area contributed by atoms with E-state index in [1.807, 2.05) is 18.2 Å². The molecule has 2 aromatic carbocycles. The van der Waals surface area contributed by atoms with Gasteiger partial charge in [0, 0.05) is 54.9 Å². The summed E-state index contributed by atoms with van der Waals surface area (Å²) in [6, 6.07) is 11.3. The second kappa shape index (κ2) is 10.6. The molecule has 0 unspecified atom stereocenters. The van der Waals surface area contributed by atoms with Crippen molar-refractivity contribution in [2.24, 2.45) is 0 Å².